The summed E-state index contributed by atoms with van der Waals surface area (Å²) in [6.07, 6.45) is 9.45. The van der Waals surface area contributed by atoms with E-state index in [2.05, 4.69) is 18.8 Å². The first-order valence-corrected chi connectivity index (χ1v) is 4.96. The molecule has 1 heterocycles. The fourth-order valence-electron chi connectivity index (χ4n) is 1.59. The van der Waals surface area contributed by atoms with Gasteiger partial charge in [-0.2, -0.15) is 0 Å². The van der Waals surface area contributed by atoms with Gasteiger partial charge < -0.3 is 5.32 Å². The minimum Gasteiger partial charge on any atom is -0.356 e. The van der Waals surface area contributed by atoms with E-state index in [0.717, 1.165) is 19.4 Å². The lowest BCUT2D eigenvalue weighted by Crippen LogP contribution is -2.19. The lowest BCUT2D eigenvalue weighted by molar-refractivity contribution is -0.122. The molecule has 0 radical (unpaired) electrons. The van der Waals surface area contributed by atoms with Crippen LogP contribution in [0, 0.1) is 5.92 Å². The van der Waals surface area contributed by atoms with Crippen LogP contribution in [0.2, 0.25) is 0 Å². The molecule has 1 fully saturated rings. The molecule has 1 unspecified atom stereocenters. The van der Waals surface area contributed by atoms with Gasteiger partial charge in [0.1, 0.15) is 0 Å². The fraction of sp³-hybridized carbons (Fsp3) is 0.417. The maximum absolute atomic E-state index is 11.3. The molecular weight excluding hydrogens is 174 g/mol. The van der Waals surface area contributed by atoms with Gasteiger partial charge in [0, 0.05) is 12.5 Å². The van der Waals surface area contributed by atoms with Gasteiger partial charge in [0.05, 0.1) is 0 Å². The number of rotatable bonds is 4. The SMILES string of the molecule is C=C/C=C\C=C(/C)CC1CCNC1=O. The highest BCUT2D eigenvalue weighted by atomic mass is 16.2. The van der Waals surface area contributed by atoms with Crippen molar-refractivity contribution in [2.24, 2.45) is 5.92 Å². The van der Waals surface area contributed by atoms with Crippen molar-refractivity contribution in [3.63, 3.8) is 0 Å². The smallest absolute Gasteiger partial charge is 0.223 e. The maximum Gasteiger partial charge on any atom is 0.223 e. The molecule has 2 nitrogen and oxygen atoms in total. The Morgan fingerprint density at radius 3 is 3.00 bits per heavy atom. The van der Waals surface area contributed by atoms with E-state index in [9.17, 15) is 4.79 Å². The van der Waals surface area contributed by atoms with Gasteiger partial charge in [-0.1, -0.05) is 36.5 Å². The summed E-state index contributed by atoms with van der Waals surface area (Å²) in [5.41, 5.74) is 1.24. The first kappa shape index (κ1) is 10.8. The van der Waals surface area contributed by atoms with Crippen molar-refractivity contribution in [3.8, 4) is 0 Å². The van der Waals surface area contributed by atoms with Crippen LogP contribution in [0.25, 0.3) is 0 Å². The second-order valence-corrected chi connectivity index (χ2v) is 3.61. The minimum atomic E-state index is 0.184. The number of carbonyl (C=O) groups is 1. The van der Waals surface area contributed by atoms with Gasteiger partial charge in [0.25, 0.3) is 0 Å². The number of carbonyl (C=O) groups excluding carboxylic acids is 1. The summed E-state index contributed by atoms with van der Waals surface area (Å²) in [5.74, 6) is 0.383. The molecule has 0 aromatic carbocycles. The average Bonchev–Trinajstić information content (AvgIpc) is 2.52. The first-order chi connectivity index (χ1) is 6.74. The summed E-state index contributed by atoms with van der Waals surface area (Å²) in [6, 6.07) is 0. The molecule has 1 saturated heterocycles. The van der Waals surface area contributed by atoms with E-state index >= 15 is 0 Å². The summed E-state index contributed by atoms with van der Waals surface area (Å²) < 4.78 is 0. The molecule has 1 aliphatic heterocycles. The Kier molecular flexibility index (Phi) is 4.17. The largest absolute Gasteiger partial charge is 0.356 e. The molecule has 76 valence electrons. The highest BCUT2D eigenvalue weighted by Crippen LogP contribution is 2.18. The van der Waals surface area contributed by atoms with Crippen molar-refractivity contribution in [1.82, 2.24) is 5.32 Å². The fourth-order valence-corrected chi connectivity index (χ4v) is 1.59. The number of hydrogen-bond donors (Lipinski definition) is 1. The van der Waals surface area contributed by atoms with Crippen molar-refractivity contribution in [1.29, 1.82) is 0 Å². The molecule has 1 rings (SSSR count). The molecule has 2 heteroatoms. The predicted octanol–water partition coefficient (Wildman–Crippen LogP) is 2.20. The molecule has 0 aromatic rings. The molecule has 0 saturated carbocycles. The summed E-state index contributed by atoms with van der Waals surface area (Å²) in [5, 5.41) is 2.84. The lowest BCUT2D eigenvalue weighted by Gasteiger charge is -2.05. The molecule has 14 heavy (non-hydrogen) atoms. The van der Waals surface area contributed by atoms with E-state index in [1.807, 2.05) is 18.2 Å². The Balaban J connectivity index is 2.43. The van der Waals surface area contributed by atoms with Crippen molar-refractivity contribution < 1.29 is 4.79 Å². The Bertz CT molecular complexity index is 276. The molecule has 0 aromatic heterocycles. The summed E-state index contributed by atoms with van der Waals surface area (Å²) in [4.78, 5) is 11.3. The van der Waals surface area contributed by atoms with Crippen molar-refractivity contribution in [3.05, 3.63) is 36.5 Å². The van der Waals surface area contributed by atoms with Crippen molar-refractivity contribution >= 4 is 5.91 Å². The van der Waals surface area contributed by atoms with E-state index in [-0.39, 0.29) is 11.8 Å². The molecule has 0 spiro atoms. The topological polar surface area (TPSA) is 29.1 Å². The molecular formula is C12H17NO. The van der Waals surface area contributed by atoms with Gasteiger partial charge >= 0.3 is 0 Å². The van der Waals surface area contributed by atoms with Crippen LogP contribution < -0.4 is 5.32 Å². The Labute approximate surface area is 85.4 Å². The second-order valence-electron chi connectivity index (χ2n) is 3.61. The Hall–Kier alpha value is -1.31. The summed E-state index contributed by atoms with van der Waals surface area (Å²) in [6.45, 7) is 6.48. The van der Waals surface area contributed by atoms with E-state index in [1.165, 1.54) is 5.57 Å². The number of hydrogen-bond acceptors (Lipinski definition) is 1. The molecule has 1 aliphatic rings. The zero-order chi connectivity index (χ0) is 10.4. The third-order valence-electron chi connectivity index (χ3n) is 2.36. The van der Waals surface area contributed by atoms with Crippen LogP contribution in [0.1, 0.15) is 19.8 Å². The Morgan fingerprint density at radius 1 is 1.64 bits per heavy atom. The van der Waals surface area contributed by atoms with Crippen LogP contribution in [0.4, 0.5) is 0 Å². The quantitative estimate of drug-likeness (QED) is 0.678. The predicted molar refractivity (Wildman–Crippen MR) is 58.8 cm³/mol. The van der Waals surface area contributed by atoms with Crippen molar-refractivity contribution in [2.45, 2.75) is 19.8 Å². The average molecular weight is 191 g/mol. The van der Waals surface area contributed by atoms with Crippen LogP contribution >= 0.6 is 0 Å². The number of allylic oxidation sites excluding steroid dienone is 5. The van der Waals surface area contributed by atoms with Crippen LogP contribution in [0.5, 0.6) is 0 Å². The standard InChI is InChI=1S/C12H17NO/c1-3-4-5-6-10(2)9-11-7-8-13-12(11)14/h3-6,11H,1,7-9H2,2H3,(H,13,14)/b5-4-,10-6+. The van der Waals surface area contributed by atoms with Crippen LogP contribution in [-0.4, -0.2) is 12.5 Å². The van der Waals surface area contributed by atoms with Gasteiger partial charge in [-0.25, -0.2) is 0 Å². The normalized spacial score (nSPS) is 22.8. The highest BCUT2D eigenvalue weighted by Gasteiger charge is 2.23. The molecule has 1 amide bonds. The third kappa shape index (κ3) is 3.21. The van der Waals surface area contributed by atoms with E-state index in [4.69, 9.17) is 0 Å². The van der Waals surface area contributed by atoms with Gasteiger partial charge in [-0.05, 0) is 19.8 Å². The lowest BCUT2D eigenvalue weighted by atomic mass is 9.99. The number of amides is 1. The van der Waals surface area contributed by atoms with Crippen LogP contribution in [-0.2, 0) is 4.79 Å². The van der Waals surface area contributed by atoms with Gasteiger partial charge in [-0.3, -0.25) is 4.79 Å². The van der Waals surface area contributed by atoms with Gasteiger partial charge in [0.15, 0.2) is 0 Å². The maximum atomic E-state index is 11.3. The van der Waals surface area contributed by atoms with Gasteiger partial charge in [-0.15, -0.1) is 0 Å². The summed E-state index contributed by atoms with van der Waals surface area (Å²) >= 11 is 0. The Morgan fingerprint density at radius 2 is 2.43 bits per heavy atom. The van der Waals surface area contributed by atoms with E-state index < -0.39 is 0 Å². The molecule has 1 atom stereocenters. The van der Waals surface area contributed by atoms with Crippen LogP contribution in [0.3, 0.4) is 0 Å². The molecule has 1 N–H and O–H groups in total. The summed E-state index contributed by atoms with van der Waals surface area (Å²) in [7, 11) is 0. The van der Waals surface area contributed by atoms with Gasteiger partial charge in [0.2, 0.25) is 5.91 Å². The second kappa shape index (κ2) is 5.43. The third-order valence-corrected chi connectivity index (χ3v) is 2.36. The zero-order valence-electron chi connectivity index (χ0n) is 8.62. The zero-order valence-corrected chi connectivity index (χ0v) is 8.62. The highest BCUT2D eigenvalue weighted by molar-refractivity contribution is 5.80. The van der Waals surface area contributed by atoms with Crippen molar-refractivity contribution in [2.75, 3.05) is 6.54 Å². The van der Waals surface area contributed by atoms with E-state index in [0.29, 0.717) is 0 Å². The first-order valence-electron chi connectivity index (χ1n) is 4.96. The number of nitrogens with one attached hydrogen (secondary N) is 1. The minimum absolute atomic E-state index is 0.184. The van der Waals surface area contributed by atoms with E-state index in [1.54, 1.807) is 6.08 Å². The molecule has 0 aliphatic carbocycles. The molecule has 0 bridgehead atoms. The van der Waals surface area contributed by atoms with Crippen LogP contribution in [0.15, 0.2) is 36.5 Å². The monoisotopic (exact) mass is 191 g/mol.